The zero-order chi connectivity index (χ0) is 17.2. The fourth-order valence-corrected chi connectivity index (χ4v) is 3.19. The number of hydrogen-bond donors (Lipinski definition) is 0. The van der Waals surface area contributed by atoms with Crippen molar-refractivity contribution in [2.45, 2.75) is 13.5 Å². The van der Waals surface area contributed by atoms with Crippen molar-refractivity contribution >= 4 is 11.5 Å². The molecule has 2 aromatic heterocycles. The van der Waals surface area contributed by atoms with Crippen LogP contribution in [0.1, 0.15) is 17.0 Å². The Kier molecular flexibility index (Phi) is 4.04. The van der Waals surface area contributed by atoms with Crippen molar-refractivity contribution < 1.29 is 0 Å². The second-order valence-corrected chi connectivity index (χ2v) is 6.28. The molecule has 4 rings (SSSR count). The smallest absolute Gasteiger partial charge is 0.178 e. The van der Waals surface area contributed by atoms with Gasteiger partial charge in [0.25, 0.3) is 0 Å². The summed E-state index contributed by atoms with van der Waals surface area (Å²) < 4.78 is 1.79. The van der Waals surface area contributed by atoms with Gasteiger partial charge in [-0.05, 0) is 36.8 Å². The highest BCUT2D eigenvalue weighted by atomic mass is 15.4. The lowest BCUT2D eigenvalue weighted by molar-refractivity contribution is 0.249. The molecule has 0 aliphatic carbocycles. The lowest BCUT2D eigenvalue weighted by Crippen LogP contribution is -2.46. The van der Waals surface area contributed by atoms with Gasteiger partial charge in [0.2, 0.25) is 0 Å². The van der Waals surface area contributed by atoms with Gasteiger partial charge >= 0.3 is 0 Å². The van der Waals surface area contributed by atoms with Gasteiger partial charge in [0, 0.05) is 32.7 Å². The maximum absolute atomic E-state index is 9.02. The number of aromatic nitrogens is 4. The first-order valence-electron chi connectivity index (χ1n) is 8.38. The SMILES string of the molecule is Cc1nnc2ccc(N3CCN(Cc4cccc(C#N)c4)CC3)nn12. The Labute approximate surface area is 146 Å². The van der Waals surface area contributed by atoms with Gasteiger partial charge in [0.05, 0.1) is 11.6 Å². The van der Waals surface area contributed by atoms with Gasteiger partial charge in [-0.2, -0.15) is 9.78 Å². The summed E-state index contributed by atoms with van der Waals surface area (Å²) in [6, 6.07) is 14.0. The summed E-state index contributed by atoms with van der Waals surface area (Å²) in [7, 11) is 0. The quantitative estimate of drug-likeness (QED) is 0.725. The van der Waals surface area contributed by atoms with E-state index in [-0.39, 0.29) is 0 Å². The van der Waals surface area contributed by atoms with Crippen LogP contribution in [0.15, 0.2) is 36.4 Å². The van der Waals surface area contributed by atoms with E-state index in [1.165, 1.54) is 5.56 Å². The summed E-state index contributed by atoms with van der Waals surface area (Å²) >= 11 is 0. The molecule has 0 saturated carbocycles. The predicted octanol–water partition coefficient (Wildman–Crippen LogP) is 1.63. The van der Waals surface area contributed by atoms with Crippen LogP contribution in [0.5, 0.6) is 0 Å². The van der Waals surface area contributed by atoms with Crippen LogP contribution in [0.4, 0.5) is 5.82 Å². The van der Waals surface area contributed by atoms with Gasteiger partial charge in [0.1, 0.15) is 5.82 Å². The number of nitriles is 1. The minimum atomic E-state index is 0.720. The highest BCUT2D eigenvalue weighted by molar-refractivity contribution is 5.46. The van der Waals surface area contributed by atoms with Gasteiger partial charge in [0.15, 0.2) is 11.5 Å². The first-order chi connectivity index (χ1) is 12.2. The van der Waals surface area contributed by atoms with Crippen LogP contribution in [-0.2, 0) is 6.54 Å². The van der Waals surface area contributed by atoms with Crippen LogP contribution < -0.4 is 4.90 Å². The molecule has 126 valence electrons. The van der Waals surface area contributed by atoms with Crippen molar-refractivity contribution in [2.75, 3.05) is 31.1 Å². The highest BCUT2D eigenvalue weighted by Gasteiger charge is 2.19. The lowest BCUT2D eigenvalue weighted by Gasteiger charge is -2.35. The minimum absolute atomic E-state index is 0.720. The Morgan fingerprint density at radius 3 is 2.72 bits per heavy atom. The first kappa shape index (κ1) is 15.5. The molecule has 25 heavy (non-hydrogen) atoms. The molecule has 1 fully saturated rings. The van der Waals surface area contributed by atoms with Crippen molar-refractivity contribution in [3.63, 3.8) is 0 Å². The van der Waals surface area contributed by atoms with Crippen molar-refractivity contribution in [3.8, 4) is 6.07 Å². The zero-order valence-electron chi connectivity index (χ0n) is 14.1. The average Bonchev–Trinajstić information content (AvgIpc) is 3.03. The van der Waals surface area contributed by atoms with E-state index in [9.17, 15) is 0 Å². The molecule has 0 bridgehead atoms. The third-order valence-corrected chi connectivity index (χ3v) is 4.56. The van der Waals surface area contributed by atoms with Crippen molar-refractivity contribution in [2.24, 2.45) is 0 Å². The van der Waals surface area contributed by atoms with Crippen LogP contribution >= 0.6 is 0 Å². The van der Waals surface area contributed by atoms with Crippen LogP contribution in [-0.4, -0.2) is 50.9 Å². The van der Waals surface area contributed by atoms with E-state index < -0.39 is 0 Å². The number of aryl methyl sites for hydroxylation is 1. The van der Waals surface area contributed by atoms with Gasteiger partial charge < -0.3 is 4.90 Å². The third kappa shape index (κ3) is 3.16. The van der Waals surface area contributed by atoms with E-state index in [4.69, 9.17) is 5.26 Å². The standard InChI is InChI=1S/C18H19N7/c1-14-20-21-17-5-6-18(22-25(14)17)24-9-7-23(8-10-24)13-16-4-2-3-15(11-16)12-19/h2-6,11H,7-10,13H2,1H3. The monoisotopic (exact) mass is 333 g/mol. The van der Waals surface area contributed by atoms with Gasteiger partial charge in [-0.1, -0.05) is 12.1 Å². The number of anilines is 1. The third-order valence-electron chi connectivity index (χ3n) is 4.56. The second kappa shape index (κ2) is 6.49. The number of rotatable bonds is 3. The minimum Gasteiger partial charge on any atom is -0.353 e. The lowest BCUT2D eigenvalue weighted by atomic mass is 10.1. The van der Waals surface area contributed by atoms with Crippen LogP contribution in [0, 0.1) is 18.3 Å². The van der Waals surface area contributed by atoms with Crippen molar-refractivity contribution in [1.82, 2.24) is 24.7 Å². The van der Waals surface area contributed by atoms with E-state index in [0.29, 0.717) is 0 Å². The van der Waals surface area contributed by atoms with E-state index in [1.54, 1.807) is 4.52 Å². The Hall–Kier alpha value is -2.98. The number of benzene rings is 1. The molecule has 7 nitrogen and oxygen atoms in total. The van der Waals surface area contributed by atoms with E-state index in [1.807, 2.05) is 37.3 Å². The summed E-state index contributed by atoms with van der Waals surface area (Å²) in [6.45, 7) is 6.58. The fraction of sp³-hybridized carbons (Fsp3) is 0.333. The molecule has 0 spiro atoms. The first-order valence-corrected chi connectivity index (χ1v) is 8.38. The molecule has 1 aliphatic rings. The van der Waals surface area contributed by atoms with Crippen molar-refractivity contribution in [1.29, 1.82) is 5.26 Å². The normalized spacial score (nSPS) is 15.4. The summed E-state index contributed by atoms with van der Waals surface area (Å²) in [5.41, 5.74) is 2.68. The molecule has 3 heterocycles. The molecular weight excluding hydrogens is 314 g/mol. The van der Waals surface area contributed by atoms with E-state index in [2.05, 4.69) is 37.2 Å². The average molecular weight is 333 g/mol. The van der Waals surface area contributed by atoms with Crippen LogP contribution in [0.3, 0.4) is 0 Å². The van der Waals surface area contributed by atoms with Gasteiger partial charge in [-0.15, -0.1) is 15.3 Å². The molecule has 3 aromatic rings. The van der Waals surface area contributed by atoms with Crippen LogP contribution in [0.2, 0.25) is 0 Å². The Morgan fingerprint density at radius 1 is 1.08 bits per heavy atom. The maximum Gasteiger partial charge on any atom is 0.178 e. The van der Waals surface area contributed by atoms with Crippen molar-refractivity contribution in [3.05, 3.63) is 53.3 Å². The van der Waals surface area contributed by atoms with E-state index in [0.717, 1.165) is 55.6 Å². The molecule has 0 N–H and O–H groups in total. The molecule has 1 aliphatic heterocycles. The Bertz CT molecular complexity index is 932. The number of nitrogens with zero attached hydrogens (tertiary/aromatic N) is 7. The van der Waals surface area contributed by atoms with Gasteiger partial charge in [-0.25, -0.2) is 0 Å². The Morgan fingerprint density at radius 2 is 1.92 bits per heavy atom. The fourth-order valence-electron chi connectivity index (χ4n) is 3.19. The predicted molar refractivity (Wildman–Crippen MR) is 94.2 cm³/mol. The summed E-state index contributed by atoms with van der Waals surface area (Å²) in [5, 5.41) is 21.8. The number of fused-ring (bicyclic) bond motifs is 1. The molecule has 0 radical (unpaired) electrons. The molecule has 0 unspecified atom stereocenters. The Balaban J connectivity index is 1.42. The maximum atomic E-state index is 9.02. The molecule has 0 amide bonds. The highest BCUT2D eigenvalue weighted by Crippen LogP contribution is 2.16. The van der Waals surface area contributed by atoms with Gasteiger partial charge in [-0.3, -0.25) is 4.90 Å². The molecule has 0 atom stereocenters. The van der Waals surface area contributed by atoms with E-state index >= 15 is 0 Å². The summed E-state index contributed by atoms with van der Waals surface area (Å²) in [5.74, 6) is 1.76. The number of piperazine rings is 1. The molecular formula is C18H19N7. The summed E-state index contributed by atoms with van der Waals surface area (Å²) in [6.07, 6.45) is 0. The molecule has 1 aromatic carbocycles. The largest absolute Gasteiger partial charge is 0.353 e. The zero-order valence-corrected chi connectivity index (χ0v) is 14.1. The summed E-state index contributed by atoms with van der Waals surface area (Å²) in [4.78, 5) is 4.70. The van der Waals surface area contributed by atoms with Crippen LogP contribution in [0.25, 0.3) is 5.65 Å². The topological polar surface area (TPSA) is 73.3 Å². The molecule has 7 heteroatoms. The number of hydrogen-bond acceptors (Lipinski definition) is 6. The molecule has 1 saturated heterocycles. The second-order valence-electron chi connectivity index (χ2n) is 6.28.